The third-order valence-electron chi connectivity index (χ3n) is 9.19. The van der Waals surface area contributed by atoms with E-state index in [4.69, 9.17) is 37.9 Å². The lowest BCUT2D eigenvalue weighted by atomic mass is 10.0. The highest BCUT2D eigenvalue weighted by Gasteiger charge is 2.59. The summed E-state index contributed by atoms with van der Waals surface area (Å²) in [6.07, 6.45) is -7.55. The van der Waals surface area contributed by atoms with Crippen LogP contribution in [0.15, 0.2) is 0 Å². The van der Waals surface area contributed by atoms with E-state index in [1.165, 1.54) is 0 Å². The summed E-state index contributed by atoms with van der Waals surface area (Å²) in [6.45, 7) is 16.8. The summed E-state index contributed by atoms with van der Waals surface area (Å²) in [5.74, 6) is -4.66. The van der Waals surface area contributed by atoms with Gasteiger partial charge in [0.05, 0.1) is 12.1 Å². The molecule has 10 atom stereocenters. The van der Waals surface area contributed by atoms with E-state index in [2.05, 4.69) is 31.9 Å². The lowest BCUT2D eigenvalue weighted by Gasteiger charge is -2.29. The van der Waals surface area contributed by atoms with E-state index in [1.54, 1.807) is 69.2 Å². The molecule has 6 amide bonds. The van der Waals surface area contributed by atoms with Crippen molar-refractivity contribution in [2.75, 3.05) is 13.1 Å². The van der Waals surface area contributed by atoms with Crippen molar-refractivity contribution >= 4 is 35.8 Å². The Kier molecular flexibility index (Phi) is 12.8. The van der Waals surface area contributed by atoms with Gasteiger partial charge < -0.3 is 69.8 Å². The molecule has 0 spiro atoms. The van der Waals surface area contributed by atoms with Gasteiger partial charge in [-0.2, -0.15) is 0 Å². The van der Waals surface area contributed by atoms with E-state index in [-0.39, 0.29) is 38.8 Å². The molecule has 316 valence electrons. The summed E-state index contributed by atoms with van der Waals surface area (Å²) in [5, 5.41) is 16.4. The minimum atomic E-state index is -1.26. The molecule has 0 unspecified atom stereocenters. The number of carbonyl (C=O) groups is 6. The van der Waals surface area contributed by atoms with Crippen LogP contribution in [0.5, 0.6) is 0 Å². The van der Waals surface area contributed by atoms with E-state index in [0.717, 1.165) is 0 Å². The van der Waals surface area contributed by atoms with Crippen LogP contribution in [0, 0.1) is 0 Å². The second-order valence-corrected chi connectivity index (χ2v) is 17.4. The van der Waals surface area contributed by atoms with Crippen LogP contribution in [0.1, 0.15) is 94.9 Å². The first-order valence-electron chi connectivity index (χ1n) is 19.1. The minimum Gasteiger partial charge on any atom is -0.444 e. The molecule has 56 heavy (non-hydrogen) atoms. The van der Waals surface area contributed by atoms with Crippen molar-refractivity contribution in [1.29, 1.82) is 0 Å². The third kappa shape index (κ3) is 11.2. The molecule has 20 heteroatoms. The second kappa shape index (κ2) is 16.6. The summed E-state index contributed by atoms with van der Waals surface area (Å²) in [4.78, 5) is 80.9. The zero-order chi connectivity index (χ0) is 41.4. The monoisotopic (exact) mass is 798 g/mol. The number of rotatable bonds is 2. The number of nitrogens with one attached hydrogen (secondary N) is 6. The number of hydrogen-bond acceptors (Lipinski definition) is 14. The van der Waals surface area contributed by atoms with Crippen LogP contribution >= 0.6 is 0 Å². The highest BCUT2D eigenvalue weighted by molar-refractivity contribution is 5.89. The van der Waals surface area contributed by atoms with Gasteiger partial charge in [-0.15, -0.1) is 0 Å². The van der Waals surface area contributed by atoms with Gasteiger partial charge >= 0.3 is 12.2 Å². The maximum atomic E-state index is 13.9. The Hall–Kier alpha value is -3.82. The van der Waals surface area contributed by atoms with Gasteiger partial charge in [0, 0.05) is 13.1 Å². The average Bonchev–Trinajstić information content (AvgIpc) is 3.73. The number of amides is 6. The van der Waals surface area contributed by atoms with Gasteiger partial charge in [0.2, 0.25) is 11.8 Å². The van der Waals surface area contributed by atoms with Gasteiger partial charge in [0.15, 0.2) is 36.4 Å². The zero-order valence-corrected chi connectivity index (χ0v) is 33.7. The molecule has 0 aliphatic carbocycles. The third-order valence-corrected chi connectivity index (χ3v) is 9.19. The van der Waals surface area contributed by atoms with Gasteiger partial charge in [-0.25, -0.2) is 9.59 Å². The molecule has 5 aliphatic rings. The minimum absolute atomic E-state index is 0.0257. The first-order valence-corrected chi connectivity index (χ1v) is 19.1. The van der Waals surface area contributed by atoms with Crippen molar-refractivity contribution in [3.8, 4) is 0 Å². The van der Waals surface area contributed by atoms with Gasteiger partial charge in [0.25, 0.3) is 11.8 Å². The Morgan fingerprint density at radius 1 is 0.607 bits per heavy atom. The number of fused-ring (bicyclic) bond motifs is 6. The van der Waals surface area contributed by atoms with E-state index >= 15 is 0 Å². The van der Waals surface area contributed by atoms with Gasteiger partial charge in [0.1, 0.15) is 35.5 Å². The Balaban J connectivity index is 1.40. The fourth-order valence-corrected chi connectivity index (χ4v) is 6.98. The SMILES string of the molecule is CC(C)(C)OC(=O)N[C@H]1CCCNC(=O)[C@H]2O[C@@H]3OC(C)(C)O[C@@H]3[C@@H]2NC(=O)[C@@H](NC(=O)OC(C)(C)C)CCCNC(=O)[C@H]2O[C@@H]3OC(C)(C)O[C@@H]3[C@@H]2NC1=O. The van der Waals surface area contributed by atoms with Gasteiger partial charge in [-0.05, 0) is 94.9 Å². The molecule has 0 radical (unpaired) electrons. The van der Waals surface area contributed by atoms with Crippen LogP contribution in [-0.2, 0) is 57.1 Å². The number of ether oxygens (including phenoxy) is 8. The molecular weight excluding hydrogens is 740 g/mol. The molecule has 0 saturated carbocycles. The molecule has 5 aliphatic heterocycles. The maximum Gasteiger partial charge on any atom is 0.408 e. The molecule has 20 nitrogen and oxygen atoms in total. The summed E-state index contributed by atoms with van der Waals surface area (Å²) in [7, 11) is 0. The number of alkyl carbamates (subject to hydrolysis) is 2. The Morgan fingerprint density at radius 3 is 1.30 bits per heavy atom. The summed E-state index contributed by atoms with van der Waals surface area (Å²) in [6, 6.07) is -4.42. The lowest BCUT2D eigenvalue weighted by Crippen LogP contribution is -2.58. The predicted molar refractivity (Wildman–Crippen MR) is 192 cm³/mol. The van der Waals surface area contributed by atoms with Crippen LogP contribution in [0.4, 0.5) is 9.59 Å². The topological polar surface area (TPSA) is 248 Å². The quantitative estimate of drug-likeness (QED) is 0.220. The standard InChI is InChI=1S/C36H58N6O14/c1-33(2,3)55-31(47)39-17-13-11-15-37-28(46)22-20(24-30(50-22)54-36(9,10)52-24)42-26(44)18(40-32(48)56-34(4,5)6)14-12-16-38-27(45)21-19(41-25(17)43)23-29(49-21)53-35(7,8)51-23/h17-24,29-30H,11-16H2,1-10H3,(H,37,46)(H,38,45)(H,39,47)(H,40,48)(H,41,43)(H,42,44)/t17-,18-,19+,20+,21-,22-,23+,24+,29+,30+/m0/s1. The number of carbonyl (C=O) groups excluding carboxylic acids is 6. The smallest absolute Gasteiger partial charge is 0.408 e. The molecule has 5 fully saturated rings. The van der Waals surface area contributed by atoms with Crippen molar-refractivity contribution in [3.05, 3.63) is 0 Å². The van der Waals surface area contributed by atoms with Gasteiger partial charge in [-0.1, -0.05) is 0 Å². The summed E-state index contributed by atoms with van der Waals surface area (Å²) < 4.78 is 46.6. The van der Waals surface area contributed by atoms with Crippen molar-refractivity contribution in [3.63, 3.8) is 0 Å². The molecule has 0 aromatic heterocycles. The molecule has 5 saturated heterocycles. The second-order valence-electron chi connectivity index (χ2n) is 17.4. The van der Waals surface area contributed by atoms with E-state index in [0.29, 0.717) is 0 Å². The van der Waals surface area contributed by atoms with Crippen LogP contribution in [-0.4, -0.2) is 133 Å². The normalized spacial score (nSPS) is 35.2. The van der Waals surface area contributed by atoms with Crippen molar-refractivity contribution in [2.24, 2.45) is 0 Å². The molecule has 0 aromatic rings. The number of hydrogen-bond donors (Lipinski definition) is 6. The molecular formula is C36H58N6O14. The average molecular weight is 799 g/mol. The maximum absolute atomic E-state index is 13.9. The summed E-state index contributed by atoms with van der Waals surface area (Å²) >= 11 is 0. The van der Waals surface area contributed by atoms with Crippen LogP contribution in [0.25, 0.3) is 0 Å². The highest BCUT2D eigenvalue weighted by atomic mass is 16.8. The Morgan fingerprint density at radius 2 is 0.964 bits per heavy atom. The molecule has 0 aromatic carbocycles. The molecule has 5 rings (SSSR count). The summed E-state index contributed by atoms with van der Waals surface area (Å²) in [5.41, 5.74) is -1.73. The Bertz CT molecular complexity index is 1400. The fraction of sp³-hybridized carbons (Fsp3) is 0.833. The molecule has 6 N–H and O–H groups in total. The zero-order valence-electron chi connectivity index (χ0n) is 33.7. The highest BCUT2D eigenvalue weighted by Crippen LogP contribution is 2.39. The van der Waals surface area contributed by atoms with Crippen LogP contribution in [0.3, 0.4) is 0 Å². The van der Waals surface area contributed by atoms with E-state index in [9.17, 15) is 28.8 Å². The largest absolute Gasteiger partial charge is 0.444 e. The van der Waals surface area contributed by atoms with E-state index in [1.807, 2.05) is 0 Å². The fourth-order valence-electron chi connectivity index (χ4n) is 6.98. The van der Waals surface area contributed by atoms with Gasteiger partial charge in [-0.3, -0.25) is 19.2 Å². The molecule has 5 heterocycles. The lowest BCUT2D eigenvalue weighted by molar-refractivity contribution is -0.208. The van der Waals surface area contributed by atoms with Crippen molar-refractivity contribution < 1.29 is 66.7 Å². The first-order chi connectivity index (χ1) is 25.9. The molecule has 0 bridgehead atoms. The van der Waals surface area contributed by atoms with E-state index < -0.39 is 120 Å². The van der Waals surface area contributed by atoms with Crippen LogP contribution < -0.4 is 31.9 Å². The van der Waals surface area contributed by atoms with Crippen LogP contribution in [0.2, 0.25) is 0 Å². The predicted octanol–water partition coefficient (Wildman–Crippen LogP) is 0.302. The van der Waals surface area contributed by atoms with Crippen molar-refractivity contribution in [2.45, 2.75) is 179 Å². The first kappa shape index (κ1) is 43.3. The van der Waals surface area contributed by atoms with Crippen molar-refractivity contribution in [1.82, 2.24) is 31.9 Å². The Labute approximate surface area is 326 Å².